The van der Waals surface area contributed by atoms with Crippen molar-refractivity contribution >= 4 is 22.7 Å². The van der Waals surface area contributed by atoms with Crippen LogP contribution in [0.4, 0.5) is 11.8 Å². The predicted octanol–water partition coefficient (Wildman–Crippen LogP) is 1.90. The van der Waals surface area contributed by atoms with E-state index in [4.69, 9.17) is 5.73 Å². The summed E-state index contributed by atoms with van der Waals surface area (Å²) in [6.07, 6.45) is 0. The van der Waals surface area contributed by atoms with E-state index in [1.165, 1.54) is 13.1 Å². The van der Waals surface area contributed by atoms with E-state index in [1.54, 1.807) is 0 Å². The lowest BCUT2D eigenvalue weighted by Gasteiger charge is -2.35. The summed E-state index contributed by atoms with van der Waals surface area (Å²) in [5, 5.41) is 4.25. The molecule has 6 heteroatoms. The smallest absolute Gasteiger partial charge is 0.225 e. The number of fused-ring (bicyclic) bond motifs is 1. The van der Waals surface area contributed by atoms with E-state index in [0.29, 0.717) is 17.7 Å². The molecule has 6 nitrogen and oxygen atoms in total. The van der Waals surface area contributed by atoms with Crippen LogP contribution in [-0.4, -0.2) is 65.6 Å². The van der Waals surface area contributed by atoms with Gasteiger partial charge in [0.15, 0.2) is 0 Å². The van der Waals surface area contributed by atoms with Gasteiger partial charge in [-0.05, 0) is 24.6 Å². The zero-order valence-corrected chi connectivity index (χ0v) is 14.7. The molecular formula is C18H28N6. The lowest BCUT2D eigenvalue weighted by atomic mass is 10.1. The summed E-state index contributed by atoms with van der Waals surface area (Å²) in [6.45, 7) is 12.3. The Kier molecular flexibility index (Phi) is 5.48. The van der Waals surface area contributed by atoms with Gasteiger partial charge in [0.25, 0.3) is 0 Å². The average molecular weight is 328 g/mol. The van der Waals surface area contributed by atoms with E-state index < -0.39 is 0 Å². The Labute approximate surface area is 144 Å². The van der Waals surface area contributed by atoms with Gasteiger partial charge in [0.2, 0.25) is 5.95 Å². The third-order valence-corrected chi connectivity index (χ3v) is 4.72. The predicted molar refractivity (Wildman–Crippen MR) is 100 cm³/mol. The summed E-state index contributed by atoms with van der Waals surface area (Å²) >= 11 is 0. The summed E-state index contributed by atoms with van der Waals surface area (Å²) in [6, 6.07) is 7.84. The molecular weight excluding hydrogens is 300 g/mol. The average Bonchev–Trinajstić information content (AvgIpc) is 2.61. The van der Waals surface area contributed by atoms with Gasteiger partial charge in [-0.3, -0.25) is 0 Å². The highest BCUT2D eigenvalue weighted by molar-refractivity contribution is 5.88. The summed E-state index contributed by atoms with van der Waals surface area (Å²) in [7, 11) is 0. The summed E-state index contributed by atoms with van der Waals surface area (Å²) in [5.74, 6) is 1.69. The van der Waals surface area contributed by atoms with Crippen molar-refractivity contribution in [3.8, 4) is 0 Å². The fraction of sp³-hybridized carbons (Fsp3) is 0.556. The molecule has 0 amide bonds. The van der Waals surface area contributed by atoms with Crippen LogP contribution in [0.2, 0.25) is 0 Å². The first-order valence-electron chi connectivity index (χ1n) is 8.86. The monoisotopic (exact) mass is 328 g/mol. The van der Waals surface area contributed by atoms with Crippen molar-refractivity contribution in [2.45, 2.75) is 13.8 Å². The number of anilines is 2. The molecule has 1 aliphatic heterocycles. The van der Waals surface area contributed by atoms with Gasteiger partial charge in [-0.15, -0.1) is 0 Å². The maximum absolute atomic E-state index is 6.04. The third-order valence-electron chi connectivity index (χ3n) is 4.72. The van der Waals surface area contributed by atoms with Gasteiger partial charge in [0.05, 0.1) is 5.52 Å². The Morgan fingerprint density at radius 1 is 1.12 bits per heavy atom. The van der Waals surface area contributed by atoms with E-state index in [1.807, 2.05) is 24.3 Å². The van der Waals surface area contributed by atoms with Crippen molar-refractivity contribution in [2.24, 2.45) is 5.92 Å². The first-order chi connectivity index (χ1) is 11.7. The number of para-hydroxylation sites is 1. The number of piperazine rings is 1. The second-order valence-corrected chi connectivity index (χ2v) is 6.67. The number of rotatable bonds is 6. The molecule has 1 saturated heterocycles. The van der Waals surface area contributed by atoms with Crippen LogP contribution in [0.3, 0.4) is 0 Å². The number of benzene rings is 1. The number of nitrogens with zero attached hydrogens (tertiary/aromatic N) is 4. The molecule has 1 atom stereocenters. The normalized spacial score (nSPS) is 17.9. The molecule has 1 aromatic heterocycles. The molecule has 2 heterocycles. The highest BCUT2D eigenvalue weighted by Crippen LogP contribution is 2.19. The minimum atomic E-state index is 0.534. The van der Waals surface area contributed by atoms with E-state index in [2.05, 4.69) is 38.9 Å². The molecule has 3 N–H and O–H groups in total. The Bertz CT molecular complexity index is 666. The second kappa shape index (κ2) is 7.77. The molecule has 24 heavy (non-hydrogen) atoms. The van der Waals surface area contributed by atoms with Crippen molar-refractivity contribution in [1.29, 1.82) is 0 Å². The first-order valence-corrected chi connectivity index (χ1v) is 8.86. The number of nitrogens with two attached hydrogens (primary N) is 1. The molecule has 0 radical (unpaired) electrons. The quantitative estimate of drug-likeness (QED) is 0.844. The lowest BCUT2D eigenvalue weighted by Crippen LogP contribution is -2.47. The van der Waals surface area contributed by atoms with Crippen molar-refractivity contribution < 1.29 is 0 Å². The highest BCUT2D eigenvalue weighted by atomic mass is 15.3. The first kappa shape index (κ1) is 16.9. The Hall–Kier alpha value is -1.92. The van der Waals surface area contributed by atoms with Crippen LogP contribution in [0.25, 0.3) is 10.9 Å². The molecule has 1 fully saturated rings. The van der Waals surface area contributed by atoms with Crippen molar-refractivity contribution in [2.75, 3.05) is 56.9 Å². The summed E-state index contributed by atoms with van der Waals surface area (Å²) in [4.78, 5) is 14.0. The number of aromatic nitrogens is 2. The Balaban J connectivity index is 1.52. The molecule has 2 aromatic rings. The lowest BCUT2D eigenvalue weighted by molar-refractivity contribution is 0.126. The number of nitrogen functional groups attached to an aromatic ring is 1. The van der Waals surface area contributed by atoms with Gasteiger partial charge >= 0.3 is 0 Å². The van der Waals surface area contributed by atoms with Crippen LogP contribution < -0.4 is 11.1 Å². The number of nitrogens with one attached hydrogen (secondary N) is 1. The van der Waals surface area contributed by atoms with Gasteiger partial charge in [-0.1, -0.05) is 26.0 Å². The van der Waals surface area contributed by atoms with Crippen molar-refractivity contribution in [3.05, 3.63) is 24.3 Å². The van der Waals surface area contributed by atoms with Gasteiger partial charge in [0.1, 0.15) is 5.82 Å². The van der Waals surface area contributed by atoms with Crippen LogP contribution in [0.15, 0.2) is 24.3 Å². The molecule has 3 rings (SSSR count). The second-order valence-electron chi connectivity index (χ2n) is 6.67. The Morgan fingerprint density at radius 3 is 2.58 bits per heavy atom. The zero-order valence-electron chi connectivity index (χ0n) is 14.7. The number of likely N-dealkylation sites (N-methyl/N-ethyl adjacent to an activating group) is 1. The topological polar surface area (TPSA) is 70.3 Å². The summed E-state index contributed by atoms with van der Waals surface area (Å²) < 4.78 is 0. The molecule has 130 valence electrons. The summed E-state index contributed by atoms with van der Waals surface area (Å²) in [5.41, 5.74) is 6.92. The van der Waals surface area contributed by atoms with Gasteiger partial charge in [0, 0.05) is 44.7 Å². The molecule has 1 aliphatic rings. The van der Waals surface area contributed by atoms with E-state index in [9.17, 15) is 0 Å². The minimum Gasteiger partial charge on any atom is -0.383 e. The molecule has 0 bridgehead atoms. The Morgan fingerprint density at radius 2 is 1.83 bits per heavy atom. The van der Waals surface area contributed by atoms with Crippen LogP contribution in [0, 0.1) is 5.92 Å². The van der Waals surface area contributed by atoms with Gasteiger partial charge in [-0.25, -0.2) is 4.98 Å². The zero-order chi connectivity index (χ0) is 16.9. The van der Waals surface area contributed by atoms with Crippen LogP contribution >= 0.6 is 0 Å². The maximum Gasteiger partial charge on any atom is 0.225 e. The van der Waals surface area contributed by atoms with Crippen LogP contribution in [-0.2, 0) is 0 Å². The maximum atomic E-state index is 6.04. The number of hydrogen-bond donors (Lipinski definition) is 2. The third kappa shape index (κ3) is 4.13. The van der Waals surface area contributed by atoms with Crippen molar-refractivity contribution in [1.82, 2.24) is 19.8 Å². The van der Waals surface area contributed by atoms with E-state index in [-0.39, 0.29) is 0 Å². The van der Waals surface area contributed by atoms with Gasteiger partial charge in [-0.2, -0.15) is 4.98 Å². The fourth-order valence-electron chi connectivity index (χ4n) is 3.24. The minimum absolute atomic E-state index is 0.534. The fourth-order valence-corrected chi connectivity index (χ4v) is 3.24. The van der Waals surface area contributed by atoms with Gasteiger partial charge < -0.3 is 20.9 Å². The molecule has 0 aliphatic carbocycles. The van der Waals surface area contributed by atoms with Crippen molar-refractivity contribution in [3.63, 3.8) is 0 Å². The van der Waals surface area contributed by atoms with Crippen LogP contribution in [0.5, 0.6) is 0 Å². The standard InChI is InChI=1S/C18H28N6/c1-3-23-8-10-24(11-9-23)13-14(2)12-20-18-21-16-7-5-4-6-15(16)17(19)22-18/h4-7,14H,3,8-13H2,1-2H3,(H3,19,20,21,22). The molecule has 0 spiro atoms. The van der Waals surface area contributed by atoms with Crippen LogP contribution in [0.1, 0.15) is 13.8 Å². The van der Waals surface area contributed by atoms with E-state index in [0.717, 1.165) is 43.6 Å². The molecule has 1 unspecified atom stereocenters. The van der Waals surface area contributed by atoms with E-state index >= 15 is 0 Å². The largest absolute Gasteiger partial charge is 0.383 e. The number of hydrogen-bond acceptors (Lipinski definition) is 6. The molecule has 1 aromatic carbocycles. The highest BCUT2D eigenvalue weighted by Gasteiger charge is 2.17. The SMILES string of the molecule is CCN1CCN(CC(C)CNc2nc(N)c3ccccc3n2)CC1. The molecule has 0 saturated carbocycles.